The van der Waals surface area contributed by atoms with E-state index in [1.807, 2.05) is 11.8 Å². The Morgan fingerprint density at radius 2 is 2.46 bits per heavy atom. The molecule has 0 spiro atoms. The van der Waals surface area contributed by atoms with Gasteiger partial charge in [0.15, 0.2) is 0 Å². The minimum absolute atomic E-state index is 0.157. The number of halogens is 1. The Kier molecular flexibility index (Phi) is 4.19. The maximum absolute atomic E-state index is 11.5. The van der Waals surface area contributed by atoms with E-state index >= 15 is 0 Å². The SMILES string of the molecule is CC(CCO)N1CC(CBr)CC1=O. The van der Waals surface area contributed by atoms with Gasteiger partial charge in [-0.1, -0.05) is 15.9 Å². The molecule has 1 fully saturated rings. The summed E-state index contributed by atoms with van der Waals surface area (Å²) < 4.78 is 0. The van der Waals surface area contributed by atoms with Crippen LogP contribution in [-0.4, -0.2) is 40.4 Å². The van der Waals surface area contributed by atoms with E-state index in [-0.39, 0.29) is 18.6 Å². The number of alkyl halides is 1. The fraction of sp³-hybridized carbons (Fsp3) is 0.889. The molecule has 1 N–H and O–H groups in total. The van der Waals surface area contributed by atoms with Crippen molar-refractivity contribution in [2.24, 2.45) is 5.92 Å². The summed E-state index contributed by atoms with van der Waals surface area (Å²) in [6.45, 7) is 2.99. The van der Waals surface area contributed by atoms with Crippen molar-refractivity contribution in [1.29, 1.82) is 0 Å². The number of carbonyl (C=O) groups is 1. The molecule has 3 nitrogen and oxygen atoms in total. The van der Waals surface area contributed by atoms with Gasteiger partial charge < -0.3 is 10.0 Å². The van der Waals surface area contributed by atoms with Crippen LogP contribution in [0.5, 0.6) is 0 Å². The molecule has 1 amide bonds. The van der Waals surface area contributed by atoms with E-state index in [2.05, 4.69) is 15.9 Å². The Morgan fingerprint density at radius 1 is 1.77 bits per heavy atom. The van der Waals surface area contributed by atoms with Crippen LogP contribution in [0.4, 0.5) is 0 Å². The van der Waals surface area contributed by atoms with Gasteiger partial charge in [0, 0.05) is 30.9 Å². The first kappa shape index (κ1) is 11.0. The lowest BCUT2D eigenvalue weighted by Gasteiger charge is -2.23. The molecule has 0 saturated carbocycles. The van der Waals surface area contributed by atoms with Crippen LogP contribution in [0, 0.1) is 5.92 Å². The van der Waals surface area contributed by atoms with Crippen molar-refractivity contribution in [3.63, 3.8) is 0 Å². The van der Waals surface area contributed by atoms with E-state index < -0.39 is 0 Å². The summed E-state index contributed by atoms with van der Waals surface area (Å²) in [5, 5.41) is 9.65. The molecule has 0 aliphatic carbocycles. The van der Waals surface area contributed by atoms with Gasteiger partial charge in [0.2, 0.25) is 5.91 Å². The van der Waals surface area contributed by atoms with Gasteiger partial charge in [-0.05, 0) is 19.3 Å². The molecule has 0 aromatic heterocycles. The number of aliphatic hydroxyl groups excluding tert-OH is 1. The van der Waals surface area contributed by atoms with Gasteiger partial charge in [-0.25, -0.2) is 0 Å². The highest BCUT2D eigenvalue weighted by molar-refractivity contribution is 9.09. The molecule has 13 heavy (non-hydrogen) atoms. The van der Waals surface area contributed by atoms with Gasteiger partial charge in [-0.3, -0.25) is 4.79 Å². The van der Waals surface area contributed by atoms with Crippen LogP contribution in [0.15, 0.2) is 0 Å². The number of carbonyl (C=O) groups excluding carboxylic acids is 1. The number of rotatable bonds is 4. The van der Waals surface area contributed by atoms with Crippen LogP contribution in [0.3, 0.4) is 0 Å². The quantitative estimate of drug-likeness (QED) is 0.756. The number of amides is 1. The fourth-order valence-electron chi connectivity index (χ4n) is 1.68. The van der Waals surface area contributed by atoms with Gasteiger partial charge in [0.25, 0.3) is 0 Å². The third-order valence-corrected chi connectivity index (χ3v) is 3.45. The van der Waals surface area contributed by atoms with Gasteiger partial charge in [-0.15, -0.1) is 0 Å². The van der Waals surface area contributed by atoms with E-state index in [0.717, 1.165) is 11.9 Å². The molecule has 1 saturated heterocycles. The van der Waals surface area contributed by atoms with Crippen molar-refractivity contribution in [3.05, 3.63) is 0 Å². The summed E-state index contributed by atoms with van der Waals surface area (Å²) >= 11 is 3.39. The minimum atomic E-state index is 0.157. The summed E-state index contributed by atoms with van der Waals surface area (Å²) in [5.41, 5.74) is 0. The first-order chi connectivity index (χ1) is 6.19. The zero-order valence-corrected chi connectivity index (χ0v) is 9.46. The maximum atomic E-state index is 11.5. The molecule has 0 radical (unpaired) electrons. The van der Waals surface area contributed by atoms with Crippen LogP contribution in [0.2, 0.25) is 0 Å². The van der Waals surface area contributed by atoms with Crippen molar-refractivity contribution < 1.29 is 9.90 Å². The standard InChI is InChI=1S/C9H16BrNO2/c1-7(2-3-12)11-6-8(5-10)4-9(11)13/h7-8,12H,2-6H2,1H3. The largest absolute Gasteiger partial charge is 0.396 e. The van der Waals surface area contributed by atoms with Gasteiger partial charge in [0.1, 0.15) is 0 Å². The Morgan fingerprint density at radius 3 is 2.92 bits per heavy atom. The van der Waals surface area contributed by atoms with E-state index in [1.54, 1.807) is 0 Å². The second kappa shape index (κ2) is 4.96. The summed E-state index contributed by atoms with van der Waals surface area (Å²) in [4.78, 5) is 13.4. The predicted octanol–water partition coefficient (Wildman–Crippen LogP) is 1.00. The lowest BCUT2D eigenvalue weighted by Crippen LogP contribution is -2.35. The predicted molar refractivity (Wildman–Crippen MR) is 54.8 cm³/mol. The smallest absolute Gasteiger partial charge is 0.223 e. The molecular formula is C9H16BrNO2. The monoisotopic (exact) mass is 249 g/mol. The number of hydrogen-bond acceptors (Lipinski definition) is 2. The van der Waals surface area contributed by atoms with Crippen LogP contribution in [0.25, 0.3) is 0 Å². The first-order valence-electron chi connectivity index (χ1n) is 4.65. The molecule has 1 rings (SSSR count). The highest BCUT2D eigenvalue weighted by Gasteiger charge is 2.31. The zero-order valence-electron chi connectivity index (χ0n) is 7.87. The molecule has 1 aliphatic heterocycles. The number of nitrogens with zero attached hydrogens (tertiary/aromatic N) is 1. The molecule has 1 heterocycles. The Balaban J connectivity index is 2.46. The van der Waals surface area contributed by atoms with Crippen LogP contribution in [0.1, 0.15) is 19.8 Å². The summed E-state index contributed by atoms with van der Waals surface area (Å²) in [5.74, 6) is 0.680. The van der Waals surface area contributed by atoms with E-state index in [1.165, 1.54) is 0 Å². The van der Waals surface area contributed by atoms with Gasteiger partial charge >= 0.3 is 0 Å². The molecule has 0 aromatic rings. The highest BCUT2D eigenvalue weighted by Crippen LogP contribution is 2.22. The summed E-state index contributed by atoms with van der Waals surface area (Å²) in [6.07, 6.45) is 1.34. The maximum Gasteiger partial charge on any atom is 0.223 e. The third-order valence-electron chi connectivity index (χ3n) is 2.54. The van der Waals surface area contributed by atoms with Crippen LogP contribution in [-0.2, 0) is 4.79 Å². The molecule has 2 unspecified atom stereocenters. The van der Waals surface area contributed by atoms with E-state index in [9.17, 15) is 4.79 Å². The number of hydrogen-bond donors (Lipinski definition) is 1. The Hall–Kier alpha value is -0.0900. The molecule has 76 valence electrons. The van der Waals surface area contributed by atoms with Gasteiger partial charge in [-0.2, -0.15) is 0 Å². The molecule has 4 heteroatoms. The lowest BCUT2D eigenvalue weighted by molar-refractivity contribution is -0.129. The molecule has 2 atom stereocenters. The van der Waals surface area contributed by atoms with Crippen molar-refractivity contribution in [2.75, 3.05) is 18.5 Å². The third kappa shape index (κ3) is 2.68. The Bertz CT molecular complexity index is 186. The zero-order chi connectivity index (χ0) is 9.84. The highest BCUT2D eigenvalue weighted by atomic mass is 79.9. The van der Waals surface area contributed by atoms with Crippen molar-refractivity contribution in [2.45, 2.75) is 25.8 Å². The second-order valence-electron chi connectivity index (χ2n) is 3.63. The topological polar surface area (TPSA) is 40.5 Å². The average Bonchev–Trinajstić information content (AvgIpc) is 2.47. The normalized spacial score (nSPS) is 25.3. The fourth-order valence-corrected chi connectivity index (χ4v) is 2.11. The number of likely N-dealkylation sites (tertiary alicyclic amines) is 1. The molecular weight excluding hydrogens is 234 g/mol. The minimum Gasteiger partial charge on any atom is -0.396 e. The Labute approximate surface area is 87.2 Å². The van der Waals surface area contributed by atoms with Crippen molar-refractivity contribution in [1.82, 2.24) is 4.90 Å². The molecule has 1 aliphatic rings. The van der Waals surface area contributed by atoms with Crippen LogP contribution < -0.4 is 0 Å². The first-order valence-corrected chi connectivity index (χ1v) is 5.77. The molecule has 0 bridgehead atoms. The summed E-state index contributed by atoms with van der Waals surface area (Å²) in [7, 11) is 0. The van der Waals surface area contributed by atoms with Crippen LogP contribution >= 0.6 is 15.9 Å². The van der Waals surface area contributed by atoms with E-state index in [4.69, 9.17) is 5.11 Å². The average molecular weight is 250 g/mol. The van der Waals surface area contributed by atoms with E-state index in [0.29, 0.717) is 18.8 Å². The summed E-state index contributed by atoms with van der Waals surface area (Å²) in [6, 6.07) is 0.182. The van der Waals surface area contributed by atoms with Crippen molar-refractivity contribution >= 4 is 21.8 Å². The lowest BCUT2D eigenvalue weighted by atomic mass is 10.1. The van der Waals surface area contributed by atoms with Crippen molar-refractivity contribution in [3.8, 4) is 0 Å². The van der Waals surface area contributed by atoms with Gasteiger partial charge in [0.05, 0.1) is 0 Å². The number of aliphatic hydroxyl groups is 1. The second-order valence-corrected chi connectivity index (χ2v) is 4.28. The molecule has 0 aromatic carbocycles.